The Morgan fingerprint density at radius 2 is 2.11 bits per heavy atom. The molecule has 2 heterocycles. The van der Waals surface area contributed by atoms with Crippen LogP contribution in [-0.2, 0) is 0 Å². The molecule has 0 aliphatic heterocycles. The standard InChI is InChI=1S/C14H9BrN2O2/c15-13-5-4-12(19-13)14(18)17-11-3-1-2-9-8-16-7-6-10(9)11/h1-8H,(H,17,18). The average Bonchev–Trinajstić information content (AvgIpc) is 2.86. The van der Waals surface area contributed by atoms with Crippen molar-refractivity contribution in [1.29, 1.82) is 0 Å². The Morgan fingerprint density at radius 1 is 1.21 bits per heavy atom. The van der Waals surface area contributed by atoms with E-state index in [4.69, 9.17) is 4.42 Å². The van der Waals surface area contributed by atoms with E-state index in [-0.39, 0.29) is 11.7 Å². The smallest absolute Gasteiger partial charge is 0.291 e. The summed E-state index contributed by atoms with van der Waals surface area (Å²) in [5, 5.41) is 4.75. The second-order valence-electron chi connectivity index (χ2n) is 3.96. The van der Waals surface area contributed by atoms with Crippen LogP contribution in [0.3, 0.4) is 0 Å². The molecule has 0 unspecified atom stereocenters. The SMILES string of the molecule is O=C(Nc1cccc2cnccc12)c1ccc(Br)o1. The minimum absolute atomic E-state index is 0.262. The van der Waals surface area contributed by atoms with Crippen molar-refractivity contribution in [3.8, 4) is 0 Å². The van der Waals surface area contributed by atoms with Gasteiger partial charge in [0.05, 0.1) is 0 Å². The second kappa shape index (κ2) is 4.85. The van der Waals surface area contributed by atoms with Gasteiger partial charge in [0.1, 0.15) is 0 Å². The highest BCUT2D eigenvalue weighted by Crippen LogP contribution is 2.23. The van der Waals surface area contributed by atoms with Gasteiger partial charge in [-0.25, -0.2) is 0 Å². The van der Waals surface area contributed by atoms with E-state index in [0.717, 1.165) is 16.5 Å². The molecule has 0 saturated heterocycles. The summed E-state index contributed by atoms with van der Waals surface area (Å²) in [6.45, 7) is 0. The summed E-state index contributed by atoms with van der Waals surface area (Å²) in [5.74, 6) is -0.0204. The molecular formula is C14H9BrN2O2. The molecule has 94 valence electrons. The van der Waals surface area contributed by atoms with Gasteiger partial charge in [-0.05, 0) is 40.2 Å². The number of aromatic nitrogens is 1. The van der Waals surface area contributed by atoms with E-state index in [0.29, 0.717) is 4.67 Å². The summed E-state index contributed by atoms with van der Waals surface area (Å²) >= 11 is 3.17. The molecule has 0 aliphatic rings. The number of hydrogen-bond acceptors (Lipinski definition) is 3. The third-order valence-corrected chi connectivity index (χ3v) is 3.15. The molecule has 0 spiro atoms. The first-order valence-corrected chi connectivity index (χ1v) is 6.43. The fraction of sp³-hybridized carbons (Fsp3) is 0. The van der Waals surface area contributed by atoms with Crippen molar-refractivity contribution in [2.75, 3.05) is 5.32 Å². The van der Waals surface area contributed by atoms with Crippen LogP contribution >= 0.6 is 15.9 Å². The number of amides is 1. The zero-order valence-corrected chi connectivity index (χ0v) is 11.3. The van der Waals surface area contributed by atoms with E-state index < -0.39 is 0 Å². The molecular weight excluding hydrogens is 308 g/mol. The minimum Gasteiger partial charge on any atom is -0.444 e. The molecule has 0 aliphatic carbocycles. The van der Waals surface area contributed by atoms with Crippen LogP contribution in [0.2, 0.25) is 0 Å². The molecule has 0 bridgehead atoms. The van der Waals surface area contributed by atoms with Crippen molar-refractivity contribution in [2.24, 2.45) is 0 Å². The van der Waals surface area contributed by atoms with Gasteiger partial charge in [-0.1, -0.05) is 12.1 Å². The molecule has 3 rings (SSSR count). The van der Waals surface area contributed by atoms with Gasteiger partial charge in [-0.15, -0.1) is 0 Å². The first-order chi connectivity index (χ1) is 9.24. The Bertz CT molecular complexity index is 747. The average molecular weight is 317 g/mol. The van der Waals surface area contributed by atoms with E-state index >= 15 is 0 Å². The predicted octanol–water partition coefficient (Wildman–Crippen LogP) is 3.84. The van der Waals surface area contributed by atoms with E-state index in [1.54, 1.807) is 24.5 Å². The Kier molecular flexibility index (Phi) is 3.05. The molecule has 19 heavy (non-hydrogen) atoms. The van der Waals surface area contributed by atoms with Crippen LogP contribution < -0.4 is 5.32 Å². The molecule has 0 saturated carbocycles. The molecule has 0 atom stereocenters. The lowest BCUT2D eigenvalue weighted by atomic mass is 10.1. The molecule has 1 aromatic carbocycles. The van der Waals surface area contributed by atoms with Gasteiger partial charge in [0.25, 0.3) is 5.91 Å². The predicted molar refractivity (Wildman–Crippen MR) is 76.1 cm³/mol. The number of rotatable bonds is 2. The van der Waals surface area contributed by atoms with Crippen LogP contribution in [0, 0.1) is 0 Å². The highest BCUT2D eigenvalue weighted by atomic mass is 79.9. The van der Waals surface area contributed by atoms with E-state index in [2.05, 4.69) is 26.2 Å². The van der Waals surface area contributed by atoms with Gasteiger partial charge in [0.2, 0.25) is 0 Å². The number of carbonyl (C=O) groups is 1. The number of nitrogens with one attached hydrogen (secondary N) is 1. The summed E-state index contributed by atoms with van der Waals surface area (Å²) in [7, 11) is 0. The van der Waals surface area contributed by atoms with Crippen LogP contribution in [0.25, 0.3) is 10.8 Å². The van der Waals surface area contributed by atoms with Crippen LogP contribution in [0.5, 0.6) is 0 Å². The third-order valence-electron chi connectivity index (χ3n) is 2.73. The number of halogens is 1. The van der Waals surface area contributed by atoms with E-state index in [1.165, 1.54) is 0 Å². The van der Waals surface area contributed by atoms with Gasteiger partial charge in [-0.3, -0.25) is 9.78 Å². The Hall–Kier alpha value is -2.14. The van der Waals surface area contributed by atoms with Crippen molar-refractivity contribution in [1.82, 2.24) is 4.98 Å². The quantitative estimate of drug-likeness (QED) is 0.781. The topological polar surface area (TPSA) is 55.1 Å². The van der Waals surface area contributed by atoms with E-state index in [1.807, 2.05) is 24.3 Å². The van der Waals surface area contributed by atoms with Crippen LogP contribution in [0.15, 0.2) is 57.9 Å². The number of fused-ring (bicyclic) bond motifs is 1. The maximum absolute atomic E-state index is 12.0. The lowest BCUT2D eigenvalue weighted by Gasteiger charge is -2.06. The molecule has 1 N–H and O–H groups in total. The highest BCUT2D eigenvalue weighted by molar-refractivity contribution is 9.10. The lowest BCUT2D eigenvalue weighted by Crippen LogP contribution is -2.11. The number of pyridine rings is 1. The van der Waals surface area contributed by atoms with Gasteiger partial charge < -0.3 is 9.73 Å². The molecule has 0 radical (unpaired) electrons. The van der Waals surface area contributed by atoms with Crippen LogP contribution in [-0.4, -0.2) is 10.9 Å². The highest BCUT2D eigenvalue weighted by Gasteiger charge is 2.11. The maximum atomic E-state index is 12.0. The van der Waals surface area contributed by atoms with Gasteiger partial charge >= 0.3 is 0 Å². The number of furan rings is 1. The number of nitrogens with zero attached hydrogens (tertiary/aromatic N) is 1. The molecule has 3 aromatic rings. The summed E-state index contributed by atoms with van der Waals surface area (Å²) in [6, 6.07) is 10.8. The zero-order valence-electron chi connectivity index (χ0n) is 9.76. The maximum Gasteiger partial charge on any atom is 0.291 e. The summed E-state index contributed by atoms with van der Waals surface area (Å²) in [6.07, 6.45) is 3.45. The number of anilines is 1. The molecule has 1 amide bonds. The largest absolute Gasteiger partial charge is 0.444 e. The summed E-state index contributed by atoms with van der Waals surface area (Å²) in [5.41, 5.74) is 0.734. The Labute approximate surface area is 117 Å². The first-order valence-electron chi connectivity index (χ1n) is 5.63. The van der Waals surface area contributed by atoms with Crippen molar-refractivity contribution < 1.29 is 9.21 Å². The van der Waals surface area contributed by atoms with Crippen LogP contribution in [0.4, 0.5) is 5.69 Å². The molecule has 0 fully saturated rings. The van der Waals surface area contributed by atoms with Crippen molar-refractivity contribution >= 4 is 38.3 Å². The fourth-order valence-electron chi connectivity index (χ4n) is 1.85. The number of hydrogen-bond donors (Lipinski definition) is 1. The molecule has 2 aromatic heterocycles. The van der Waals surface area contributed by atoms with Crippen molar-refractivity contribution in [3.05, 3.63) is 59.2 Å². The van der Waals surface area contributed by atoms with Gasteiger partial charge in [-0.2, -0.15) is 0 Å². The summed E-state index contributed by atoms with van der Waals surface area (Å²) < 4.78 is 5.75. The molecule has 5 heteroatoms. The van der Waals surface area contributed by atoms with Gasteiger partial charge in [0, 0.05) is 28.9 Å². The van der Waals surface area contributed by atoms with E-state index in [9.17, 15) is 4.79 Å². The Morgan fingerprint density at radius 3 is 2.89 bits per heavy atom. The monoisotopic (exact) mass is 316 g/mol. The third kappa shape index (κ3) is 2.37. The van der Waals surface area contributed by atoms with Gasteiger partial charge in [0.15, 0.2) is 10.4 Å². The number of benzene rings is 1. The number of carbonyl (C=O) groups excluding carboxylic acids is 1. The second-order valence-corrected chi connectivity index (χ2v) is 4.74. The van der Waals surface area contributed by atoms with Crippen molar-refractivity contribution in [3.63, 3.8) is 0 Å². The van der Waals surface area contributed by atoms with Crippen LogP contribution in [0.1, 0.15) is 10.6 Å². The lowest BCUT2D eigenvalue weighted by molar-refractivity contribution is 0.0995. The molecule has 4 nitrogen and oxygen atoms in total. The minimum atomic E-state index is -0.282. The first kappa shape index (κ1) is 11.9. The zero-order chi connectivity index (χ0) is 13.2. The summed E-state index contributed by atoms with van der Waals surface area (Å²) in [4.78, 5) is 16.1. The Balaban J connectivity index is 1.95. The normalized spacial score (nSPS) is 10.6. The fourth-order valence-corrected chi connectivity index (χ4v) is 2.16. The van der Waals surface area contributed by atoms with Crippen molar-refractivity contribution in [2.45, 2.75) is 0 Å².